The second-order valence-electron chi connectivity index (χ2n) is 4.78. The van der Waals surface area contributed by atoms with Crippen LogP contribution in [-0.2, 0) is 9.47 Å². The van der Waals surface area contributed by atoms with Gasteiger partial charge >= 0.3 is 0 Å². The zero-order chi connectivity index (χ0) is 14.8. The molecule has 0 radical (unpaired) electrons. The van der Waals surface area contributed by atoms with E-state index in [-0.39, 0.29) is 25.4 Å². The van der Waals surface area contributed by atoms with Crippen LogP contribution in [0.25, 0.3) is 0 Å². The molecule has 0 bridgehead atoms. The van der Waals surface area contributed by atoms with E-state index in [9.17, 15) is 5.11 Å². The lowest BCUT2D eigenvalue weighted by Gasteiger charge is -2.20. The highest BCUT2D eigenvalue weighted by Crippen LogP contribution is 2.15. The van der Waals surface area contributed by atoms with Crippen molar-refractivity contribution < 1.29 is 19.7 Å². The van der Waals surface area contributed by atoms with Crippen LogP contribution in [0.3, 0.4) is 0 Å². The molecule has 5 heteroatoms. The van der Waals surface area contributed by atoms with Gasteiger partial charge in [0.25, 0.3) is 0 Å². The number of aliphatic hydroxyl groups excluding tert-OH is 2. The van der Waals surface area contributed by atoms with Crippen molar-refractivity contribution in [3.8, 4) is 0 Å². The maximum atomic E-state index is 9.85. The lowest BCUT2D eigenvalue weighted by Crippen LogP contribution is -2.42. The van der Waals surface area contributed by atoms with Gasteiger partial charge in [0.1, 0.15) is 0 Å². The van der Waals surface area contributed by atoms with Crippen molar-refractivity contribution in [3.05, 3.63) is 35.9 Å². The van der Waals surface area contributed by atoms with E-state index >= 15 is 0 Å². The molecular weight excluding hydrogens is 258 g/mol. The van der Waals surface area contributed by atoms with Crippen molar-refractivity contribution in [1.82, 2.24) is 5.32 Å². The molecule has 20 heavy (non-hydrogen) atoms. The van der Waals surface area contributed by atoms with Crippen LogP contribution in [0.1, 0.15) is 18.6 Å². The second-order valence-corrected chi connectivity index (χ2v) is 4.78. The van der Waals surface area contributed by atoms with Crippen LogP contribution in [-0.4, -0.2) is 55.8 Å². The fourth-order valence-electron chi connectivity index (χ4n) is 1.81. The first-order valence-corrected chi connectivity index (χ1v) is 6.85. The van der Waals surface area contributed by atoms with E-state index in [4.69, 9.17) is 14.6 Å². The lowest BCUT2D eigenvalue weighted by molar-refractivity contribution is -0.00481. The first-order valence-electron chi connectivity index (χ1n) is 6.85. The number of nitrogens with one attached hydrogen (secondary N) is 1. The van der Waals surface area contributed by atoms with Crippen LogP contribution < -0.4 is 5.32 Å². The maximum Gasteiger partial charge on any atom is 0.0898 e. The molecule has 1 aromatic rings. The molecule has 0 amide bonds. The second kappa shape index (κ2) is 9.85. The van der Waals surface area contributed by atoms with E-state index in [2.05, 4.69) is 5.32 Å². The molecule has 114 valence electrons. The highest BCUT2D eigenvalue weighted by Gasteiger charge is 2.12. The number of hydrogen-bond acceptors (Lipinski definition) is 5. The van der Waals surface area contributed by atoms with Crippen molar-refractivity contribution in [2.75, 3.05) is 33.5 Å². The molecule has 3 atom stereocenters. The van der Waals surface area contributed by atoms with Gasteiger partial charge in [0, 0.05) is 13.7 Å². The molecule has 0 aliphatic heterocycles. The van der Waals surface area contributed by atoms with Crippen molar-refractivity contribution in [2.24, 2.45) is 0 Å². The monoisotopic (exact) mass is 283 g/mol. The third-order valence-corrected chi connectivity index (χ3v) is 3.04. The first kappa shape index (κ1) is 17.1. The Bertz CT molecular complexity index is 347. The highest BCUT2D eigenvalue weighted by molar-refractivity contribution is 5.16. The smallest absolute Gasteiger partial charge is 0.0898 e. The molecule has 1 aromatic carbocycles. The zero-order valence-electron chi connectivity index (χ0n) is 12.2. The molecule has 0 heterocycles. The molecule has 5 nitrogen and oxygen atoms in total. The molecule has 3 unspecified atom stereocenters. The number of hydrogen-bond donors (Lipinski definition) is 3. The fraction of sp³-hybridized carbons (Fsp3) is 0.600. The fourth-order valence-corrected chi connectivity index (χ4v) is 1.81. The lowest BCUT2D eigenvalue weighted by atomic mass is 10.1. The molecule has 0 saturated carbocycles. The summed E-state index contributed by atoms with van der Waals surface area (Å²) >= 11 is 0. The molecule has 3 N–H and O–H groups in total. The van der Waals surface area contributed by atoms with Gasteiger partial charge in [0.05, 0.1) is 38.1 Å². The highest BCUT2D eigenvalue weighted by atomic mass is 16.5. The first-order chi connectivity index (χ1) is 9.67. The minimum Gasteiger partial charge on any atom is -0.395 e. The summed E-state index contributed by atoms with van der Waals surface area (Å²) in [6.45, 7) is 2.94. The van der Waals surface area contributed by atoms with Crippen LogP contribution in [0.5, 0.6) is 0 Å². The Morgan fingerprint density at radius 2 is 1.90 bits per heavy atom. The summed E-state index contributed by atoms with van der Waals surface area (Å²) in [6.07, 6.45) is -0.675. The van der Waals surface area contributed by atoms with Gasteiger partial charge in [-0.25, -0.2) is 0 Å². The van der Waals surface area contributed by atoms with Crippen LogP contribution in [0, 0.1) is 0 Å². The van der Waals surface area contributed by atoms with Crippen molar-refractivity contribution in [3.63, 3.8) is 0 Å². The standard InChI is InChI=1S/C15H25NO4/c1-12(13-6-4-3-5-7-13)20-11-15(18)8-16-14(9-17)10-19-2/h3-7,12,14-18H,8-11H2,1-2H3. The van der Waals surface area contributed by atoms with Crippen LogP contribution in [0.2, 0.25) is 0 Å². The van der Waals surface area contributed by atoms with Crippen LogP contribution in [0.4, 0.5) is 0 Å². The molecule has 0 spiro atoms. The summed E-state index contributed by atoms with van der Waals surface area (Å²) in [5.74, 6) is 0. The predicted molar refractivity (Wildman–Crippen MR) is 77.6 cm³/mol. The average Bonchev–Trinajstić information content (AvgIpc) is 2.49. The van der Waals surface area contributed by atoms with Gasteiger partial charge in [-0.15, -0.1) is 0 Å². The minimum atomic E-state index is -0.618. The van der Waals surface area contributed by atoms with Crippen molar-refractivity contribution >= 4 is 0 Å². The molecule has 0 aliphatic rings. The number of aliphatic hydroxyl groups is 2. The number of ether oxygens (including phenoxy) is 2. The Morgan fingerprint density at radius 1 is 1.20 bits per heavy atom. The van der Waals surface area contributed by atoms with Gasteiger partial charge in [-0.3, -0.25) is 0 Å². The molecule has 0 saturated heterocycles. The van der Waals surface area contributed by atoms with Gasteiger partial charge in [0.2, 0.25) is 0 Å². The van der Waals surface area contributed by atoms with Crippen molar-refractivity contribution in [1.29, 1.82) is 0 Å². The van der Waals surface area contributed by atoms with E-state index in [1.54, 1.807) is 7.11 Å². The average molecular weight is 283 g/mol. The van der Waals surface area contributed by atoms with Gasteiger partial charge in [-0.2, -0.15) is 0 Å². The Balaban J connectivity index is 2.24. The zero-order valence-corrected chi connectivity index (χ0v) is 12.2. The van der Waals surface area contributed by atoms with E-state index < -0.39 is 6.10 Å². The number of rotatable bonds is 10. The summed E-state index contributed by atoms with van der Waals surface area (Å²) in [7, 11) is 1.57. The van der Waals surface area contributed by atoms with Crippen molar-refractivity contribution in [2.45, 2.75) is 25.2 Å². The molecular formula is C15H25NO4. The molecule has 0 aliphatic carbocycles. The Hall–Kier alpha value is -0.980. The van der Waals surface area contributed by atoms with Gasteiger partial charge in [-0.1, -0.05) is 30.3 Å². The Labute approximate surface area is 120 Å². The van der Waals surface area contributed by atoms with Crippen LogP contribution in [0.15, 0.2) is 30.3 Å². The van der Waals surface area contributed by atoms with E-state index in [0.717, 1.165) is 5.56 Å². The maximum absolute atomic E-state index is 9.85. The summed E-state index contributed by atoms with van der Waals surface area (Å²) in [5.41, 5.74) is 1.08. The summed E-state index contributed by atoms with van der Waals surface area (Å²) < 4.78 is 10.6. The van der Waals surface area contributed by atoms with Gasteiger partial charge < -0.3 is 25.0 Å². The molecule has 0 aromatic heterocycles. The third-order valence-electron chi connectivity index (χ3n) is 3.04. The molecule has 1 rings (SSSR count). The minimum absolute atomic E-state index is 0.0260. The third kappa shape index (κ3) is 6.45. The predicted octanol–water partition coefficient (Wildman–Crippen LogP) is 0.722. The largest absolute Gasteiger partial charge is 0.395 e. The number of methoxy groups -OCH3 is 1. The topological polar surface area (TPSA) is 71.0 Å². The van der Waals surface area contributed by atoms with E-state index in [0.29, 0.717) is 13.2 Å². The Morgan fingerprint density at radius 3 is 2.50 bits per heavy atom. The molecule has 0 fully saturated rings. The van der Waals surface area contributed by atoms with Crippen LogP contribution >= 0.6 is 0 Å². The summed E-state index contributed by atoms with van der Waals surface area (Å²) in [5, 5.41) is 22.0. The van der Waals surface area contributed by atoms with Gasteiger partial charge in [-0.05, 0) is 12.5 Å². The Kier molecular flexibility index (Phi) is 8.41. The van der Waals surface area contributed by atoms with E-state index in [1.165, 1.54) is 0 Å². The van der Waals surface area contributed by atoms with Gasteiger partial charge in [0.15, 0.2) is 0 Å². The number of benzene rings is 1. The quantitative estimate of drug-likeness (QED) is 0.590. The van der Waals surface area contributed by atoms with E-state index in [1.807, 2.05) is 37.3 Å². The summed E-state index contributed by atoms with van der Waals surface area (Å²) in [6, 6.07) is 9.71. The summed E-state index contributed by atoms with van der Waals surface area (Å²) in [4.78, 5) is 0. The normalized spacial score (nSPS) is 15.8. The SMILES string of the molecule is COCC(CO)NCC(O)COC(C)c1ccccc1.